The molecule has 31 heavy (non-hydrogen) atoms. The zero-order chi connectivity index (χ0) is 22.6. The van der Waals surface area contributed by atoms with Crippen molar-refractivity contribution in [1.29, 1.82) is 0 Å². The summed E-state index contributed by atoms with van der Waals surface area (Å²) >= 11 is 6.42. The summed E-state index contributed by atoms with van der Waals surface area (Å²) < 4.78 is 5.38. The first-order valence-corrected chi connectivity index (χ1v) is 13.2. The number of carbonyl (C=O) groups is 1. The van der Waals surface area contributed by atoms with Gasteiger partial charge in [0, 0.05) is 12.8 Å². The molecule has 0 radical (unpaired) electrons. The number of hydrogen-bond acceptors (Lipinski definition) is 3. The molecule has 1 aromatic heterocycles. The van der Waals surface area contributed by atoms with Crippen molar-refractivity contribution in [2.24, 2.45) is 0 Å². The van der Waals surface area contributed by atoms with Crippen LogP contribution in [0.4, 0.5) is 0 Å². The number of nitrogens with one attached hydrogen (secondary N) is 1. The number of aliphatic hydroxyl groups is 1. The van der Waals surface area contributed by atoms with E-state index in [1.165, 1.54) is 70.6 Å². The largest absolute Gasteiger partial charge is 0.461 e. The number of halogens is 1. The molecule has 0 atom stereocenters. The molecule has 0 aliphatic rings. The predicted molar refractivity (Wildman–Crippen MR) is 131 cm³/mol. The molecule has 1 aromatic rings. The molecule has 0 bridgehead atoms. The topological polar surface area (TPSA) is 62.3 Å². The molecule has 1 rings (SSSR count). The van der Waals surface area contributed by atoms with Crippen LogP contribution in [-0.2, 0) is 11.2 Å². The van der Waals surface area contributed by atoms with Crippen molar-refractivity contribution >= 4 is 17.6 Å². The van der Waals surface area contributed by atoms with Crippen molar-refractivity contribution < 1.29 is 14.6 Å². The summed E-state index contributed by atoms with van der Waals surface area (Å²) in [7, 11) is 0. The molecule has 0 unspecified atom stereocenters. The Hall–Kier alpha value is -1.00. The van der Waals surface area contributed by atoms with Crippen LogP contribution in [0, 0.1) is 0 Å². The summed E-state index contributed by atoms with van der Waals surface area (Å²) in [6, 6.07) is 0. The Balaban J connectivity index is 2.08. The van der Waals surface area contributed by atoms with Crippen LogP contribution in [0.1, 0.15) is 132 Å². The number of aromatic amines is 1. The minimum atomic E-state index is -0.345. The first-order valence-electron chi connectivity index (χ1n) is 12.8. The van der Waals surface area contributed by atoms with Crippen LogP contribution in [0.25, 0.3) is 0 Å². The number of aryl methyl sites for hydroxylation is 1. The number of rotatable bonds is 21. The van der Waals surface area contributed by atoms with E-state index in [4.69, 9.17) is 21.4 Å². The van der Waals surface area contributed by atoms with E-state index >= 15 is 0 Å². The lowest BCUT2D eigenvalue weighted by Crippen LogP contribution is -2.07. The summed E-state index contributed by atoms with van der Waals surface area (Å²) in [5.74, 6) is -0.345. The van der Waals surface area contributed by atoms with Crippen molar-refractivity contribution in [1.82, 2.24) is 4.98 Å². The number of ether oxygens (including phenoxy) is 1. The van der Waals surface area contributed by atoms with Gasteiger partial charge in [-0.15, -0.1) is 0 Å². The lowest BCUT2D eigenvalue weighted by atomic mass is 10.0. The van der Waals surface area contributed by atoms with E-state index in [-0.39, 0.29) is 12.6 Å². The van der Waals surface area contributed by atoms with Gasteiger partial charge in [0.15, 0.2) is 0 Å². The first-order chi connectivity index (χ1) is 15.2. The second-order valence-corrected chi connectivity index (χ2v) is 9.15. The Morgan fingerprint density at radius 1 is 0.839 bits per heavy atom. The van der Waals surface area contributed by atoms with Gasteiger partial charge in [-0.2, -0.15) is 0 Å². The molecule has 5 heteroatoms. The van der Waals surface area contributed by atoms with Crippen LogP contribution in [0.2, 0.25) is 5.02 Å². The maximum absolute atomic E-state index is 12.3. The van der Waals surface area contributed by atoms with Gasteiger partial charge >= 0.3 is 5.97 Å². The van der Waals surface area contributed by atoms with E-state index in [0.29, 0.717) is 17.3 Å². The molecule has 4 nitrogen and oxygen atoms in total. The third kappa shape index (κ3) is 13.9. The highest BCUT2D eigenvalue weighted by Crippen LogP contribution is 2.24. The second kappa shape index (κ2) is 19.7. The fraction of sp³-hybridized carbons (Fsp3) is 0.808. The van der Waals surface area contributed by atoms with Crippen LogP contribution in [0.5, 0.6) is 0 Å². The van der Waals surface area contributed by atoms with E-state index in [1.54, 1.807) is 0 Å². The van der Waals surface area contributed by atoms with Gasteiger partial charge in [0.25, 0.3) is 0 Å². The summed E-state index contributed by atoms with van der Waals surface area (Å²) in [6.45, 7) is 2.99. The van der Waals surface area contributed by atoms with Gasteiger partial charge in [0.05, 0.1) is 11.6 Å². The molecule has 0 spiro atoms. The van der Waals surface area contributed by atoms with Crippen LogP contribution < -0.4 is 0 Å². The molecule has 0 aromatic carbocycles. The van der Waals surface area contributed by atoms with E-state index in [1.807, 2.05) is 6.20 Å². The predicted octanol–water partition coefficient (Wildman–Crippen LogP) is 8.01. The average molecular weight is 456 g/mol. The third-order valence-electron chi connectivity index (χ3n) is 5.93. The average Bonchev–Trinajstić information content (AvgIpc) is 3.14. The lowest BCUT2D eigenvalue weighted by molar-refractivity contribution is 0.0491. The molecular formula is C26H46ClNO3. The van der Waals surface area contributed by atoms with E-state index in [2.05, 4.69) is 11.9 Å². The molecule has 0 aliphatic carbocycles. The van der Waals surface area contributed by atoms with Gasteiger partial charge in [-0.3, -0.25) is 0 Å². The maximum atomic E-state index is 12.3. The van der Waals surface area contributed by atoms with Crippen LogP contribution in [-0.4, -0.2) is 29.3 Å². The van der Waals surface area contributed by atoms with Crippen molar-refractivity contribution in [3.63, 3.8) is 0 Å². The first kappa shape index (κ1) is 28.0. The fourth-order valence-electron chi connectivity index (χ4n) is 3.91. The minimum Gasteiger partial charge on any atom is -0.461 e. The van der Waals surface area contributed by atoms with Crippen LogP contribution >= 0.6 is 11.6 Å². The lowest BCUT2D eigenvalue weighted by Gasteiger charge is -2.05. The normalized spacial score (nSPS) is 11.2. The smallest absolute Gasteiger partial charge is 0.356 e. The highest BCUT2D eigenvalue weighted by molar-refractivity contribution is 6.34. The number of unbranched alkanes of at least 4 members (excludes halogenated alkanes) is 15. The summed E-state index contributed by atoms with van der Waals surface area (Å²) in [5, 5.41) is 9.29. The Kier molecular flexibility index (Phi) is 17.8. The summed E-state index contributed by atoms with van der Waals surface area (Å²) in [6.07, 6.45) is 23.3. The molecule has 180 valence electrons. The van der Waals surface area contributed by atoms with Crippen LogP contribution in [0.3, 0.4) is 0 Å². The number of H-pyrrole nitrogens is 1. The molecule has 0 amide bonds. The number of aliphatic hydroxyl groups excluding tert-OH is 1. The van der Waals surface area contributed by atoms with Crippen LogP contribution in [0.15, 0.2) is 6.20 Å². The van der Waals surface area contributed by atoms with Crippen molar-refractivity contribution in [2.45, 2.75) is 122 Å². The second-order valence-electron chi connectivity index (χ2n) is 8.77. The van der Waals surface area contributed by atoms with Crippen molar-refractivity contribution in [3.05, 3.63) is 22.5 Å². The van der Waals surface area contributed by atoms with E-state index in [0.717, 1.165) is 50.5 Å². The fourth-order valence-corrected chi connectivity index (χ4v) is 4.20. The minimum absolute atomic E-state index is 0.290. The number of aromatic nitrogens is 1. The highest BCUT2D eigenvalue weighted by atomic mass is 35.5. The highest BCUT2D eigenvalue weighted by Gasteiger charge is 2.17. The quantitative estimate of drug-likeness (QED) is 0.146. The zero-order valence-corrected chi connectivity index (χ0v) is 20.6. The van der Waals surface area contributed by atoms with Gasteiger partial charge in [-0.25, -0.2) is 4.79 Å². The Bertz CT molecular complexity index is 559. The van der Waals surface area contributed by atoms with Crippen molar-refractivity contribution in [3.8, 4) is 0 Å². The molecule has 2 N–H and O–H groups in total. The number of carbonyl (C=O) groups excluding carboxylic acids is 1. The van der Waals surface area contributed by atoms with E-state index < -0.39 is 0 Å². The molecular weight excluding hydrogens is 410 g/mol. The van der Waals surface area contributed by atoms with Gasteiger partial charge in [0.1, 0.15) is 5.69 Å². The number of hydrogen-bond donors (Lipinski definition) is 2. The zero-order valence-electron chi connectivity index (χ0n) is 19.9. The molecule has 0 fully saturated rings. The monoisotopic (exact) mass is 455 g/mol. The molecule has 0 aliphatic heterocycles. The molecule has 0 saturated heterocycles. The van der Waals surface area contributed by atoms with E-state index in [9.17, 15) is 4.79 Å². The van der Waals surface area contributed by atoms with Gasteiger partial charge in [0.2, 0.25) is 0 Å². The van der Waals surface area contributed by atoms with Gasteiger partial charge in [-0.05, 0) is 31.2 Å². The standard InChI is InChI=1S/C26H46ClNO3/c1-2-3-4-5-6-7-8-10-13-16-19-23-22-28-25(24(23)27)26(30)31-21-18-15-12-9-11-14-17-20-29/h22,28-29H,2-21H2,1H3. The SMILES string of the molecule is CCCCCCCCCCCCc1c[nH]c(C(=O)OCCCCCCCCCO)c1Cl. The Morgan fingerprint density at radius 2 is 1.35 bits per heavy atom. The maximum Gasteiger partial charge on any atom is 0.356 e. The Labute approximate surface area is 195 Å². The summed E-state index contributed by atoms with van der Waals surface area (Å²) in [4.78, 5) is 15.3. The number of esters is 1. The summed E-state index contributed by atoms with van der Waals surface area (Å²) in [5.41, 5.74) is 1.42. The molecule has 0 saturated carbocycles. The molecule has 1 heterocycles. The van der Waals surface area contributed by atoms with Gasteiger partial charge < -0.3 is 14.8 Å². The third-order valence-corrected chi connectivity index (χ3v) is 6.36. The Morgan fingerprint density at radius 3 is 1.94 bits per heavy atom. The van der Waals surface area contributed by atoms with Gasteiger partial charge in [-0.1, -0.05) is 108 Å². The van der Waals surface area contributed by atoms with Crippen molar-refractivity contribution in [2.75, 3.05) is 13.2 Å².